The lowest BCUT2D eigenvalue weighted by Crippen LogP contribution is -2.00. The van der Waals surface area contributed by atoms with E-state index in [0.717, 1.165) is 0 Å². The van der Waals surface area contributed by atoms with Crippen LogP contribution >= 0.6 is 15.9 Å². The lowest BCUT2D eigenvalue weighted by atomic mass is 10.3. The molecule has 7 nitrogen and oxygen atoms in total. The Morgan fingerprint density at radius 2 is 2.35 bits per heavy atom. The maximum Gasteiger partial charge on any atom is 0.287 e. The van der Waals surface area contributed by atoms with Crippen molar-refractivity contribution >= 4 is 21.6 Å². The Hall–Kier alpha value is -1.79. The van der Waals surface area contributed by atoms with Gasteiger partial charge in [0.05, 0.1) is 11.5 Å². The maximum atomic E-state index is 10.7. The van der Waals surface area contributed by atoms with Crippen LogP contribution in [0.4, 0.5) is 5.69 Å². The highest BCUT2D eigenvalue weighted by Gasteiger charge is 2.15. The minimum Gasteiger partial charge on any atom is -0.492 e. The molecule has 1 aromatic carbocycles. The molecular weight excluding hydrogens is 292 g/mol. The van der Waals surface area contributed by atoms with Crippen LogP contribution in [0.5, 0.6) is 5.75 Å². The summed E-state index contributed by atoms with van der Waals surface area (Å²) in [5.74, 6) is 0.403. The van der Waals surface area contributed by atoms with Gasteiger partial charge in [-0.3, -0.25) is 10.1 Å². The predicted molar refractivity (Wildman–Crippen MR) is 64.9 cm³/mol. The van der Waals surface area contributed by atoms with E-state index in [1.165, 1.54) is 6.07 Å². The summed E-state index contributed by atoms with van der Waals surface area (Å²) < 4.78 is 5.65. The molecule has 1 aromatic rings. The molecule has 0 aliphatic carbocycles. The van der Waals surface area contributed by atoms with Gasteiger partial charge in [0.2, 0.25) is 0 Å². The molecule has 0 aromatic heterocycles. The second-order valence-electron chi connectivity index (χ2n) is 3.00. The molecule has 0 saturated heterocycles. The average Bonchev–Trinajstić information content (AvgIpc) is 2.30. The maximum absolute atomic E-state index is 10.7. The van der Waals surface area contributed by atoms with Crippen LogP contribution in [0.2, 0.25) is 0 Å². The summed E-state index contributed by atoms with van der Waals surface area (Å²) in [4.78, 5) is 12.8. The Morgan fingerprint density at radius 1 is 1.59 bits per heavy atom. The largest absolute Gasteiger partial charge is 0.492 e. The zero-order valence-corrected chi connectivity index (χ0v) is 10.3. The molecule has 0 amide bonds. The number of nitrogens with zero attached hydrogens (tertiary/aromatic N) is 4. The van der Waals surface area contributed by atoms with Crippen LogP contribution in [0.15, 0.2) is 27.8 Å². The normalized spacial score (nSPS) is 9.47. The Labute approximate surface area is 105 Å². The first-order valence-corrected chi connectivity index (χ1v) is 5.52. The molecule has 1 rings (SSSR count). The fourth-order valence-corrected chi connectivity index (χ4v) is 1.64. The van der Waals surface area contributed by atoms with Crippen molar-refractivity contribution in [2.45, 2.75) is 6.42 Å². The van der Waals surface area contributed by atoms with Crippen molar-refractivity contribution in [3.05, 3.63) is 43.2 Å². The fourth-order valence-electron chi connectivity index (χ4n) is 1.11. The summed E-state index contributed by atoms with van der Waals surface area (Å²) in [6.07, 6.45) is 0.555. The van der Waals surface area contributed by atoms with Gasteiger partial charge in [-0.15, -0.1) is 0 Å². The molecule has 0 unspecified atom stereocenters. The van der Waals surface area contributed by atoms with Gasteiger partial charge in [0.15, 0.2) is 0 Å². The minimum absolute atomic E-state index is 0.0439. The van der Waals surface area contributed by atoms with Crippen LogP contribution in [0.25, 0.3) is 10.4 Å². The van der Waals surface area contributed by atoms with E-state index in [9.17, 15) is 10.1 Å². The molecule has 0 aliphatic rings. The van der Waals surface area contributed by atoms with Crippen LogP contribution in [0, 0.1) is 10.1 Å². The van der Waals surface area contributed by atoms with Gasteiger partial charge in [-0.2, -0.15) is 0 Å². The fraction of sp³-hybridized carbons (Fsp3) is 0.333. The van der Waals surface area contributed by atoms with E-state index in [1.807, 2.05) is 0 Å². The first kappa shape index (κ1) is 13.3. The summed E-state index contributed by atoms with van der Waals surface area (Å²) in [6.45, 7) is 0.668. The van der Waals surface area contributed by atoms with Crippen molar-refractivity contribution in [2.75, 3.05) is 13.2 Å². The Morgan fingerprint density at radius 3 is 3.00 bits per heavy atom. The minimum atomic E-state index is -0.489. The zero-order chi connectivity index (χ0) is 12.7. The SMILES string of the molecule is [N-]=[N+]=NCCCOc1cccc([N+](=O)[O-])c1Br. The summed E-state index contributed by atoms with van der Waals surface area (Å²) in [5.41, 5.74) is 8.02. The Kier molecular flexibility index (Phi) is 5.25. The first-order valence-electron chi connectivity index (χ1n) is 4.73. The van der Waals surface area contributed by atoms with Crippen molar-refractivity contribution in [1.82, 2.24) is 0 Å². The number of nitro groups is 1. The van der Waals surface area contributed by atoms with Gasteiger partial charge in [-0.1, -0.05) is 11.2 Å². The summed E-state index contributed by atoms with van der Waals surface area (Å²) in [6, 6.07) is 4.56. The van der Waals surface area contributed by atoms with Gasteiger partial charge in [0.1, 0.15) is 10.2 Å². The van der Waals surface area contributed by atoms with E-state index in [-0.39, 0.29) is 5.69 Å². The molecule has 17 heavy (non-hydrogen) atoms. The molecular formula is C9H9BrN4O3. The summed E-state index contributed by atoms with van der Waals surface area (Å²) >= 11 is 3.12. The standard InChI is InChI=1S/C9H9BrN4O3/c10-9-7(14(15)16)3-1-4-8(9)17-6-2-5-12-13-11/h1,3-4H,2,5-6H2. The first-order chi connectivity index (χ1) is 8.16. The van der Waals surface area contributed by atoms with E-state index >= 15 is 0 Å². The highest BCUT2D eigenvalue weighted by Crippen LogP contribution is 2.33. The number of benzene rings is 1. The van der Waals surface area contributed by atoms with Crippen molar-refractivity contribution in [1.29, 1.82) is 0 Å². The number of ether oxygens (including phenoxy) is 1. The van der Waals surface area contributed by atoms with Crippen molar-refractivity contribution < 1.29 is 9.66 Å². The third kappa shape index (κ3) is 3.93. The second-order valence-corrected chi connectivity index (χ2v) is 3.80. The van der Waals surface area contributed by atoms with Crippen LogP contribution in [-0.2, 0) is 0 Å². The van der Waals surface area contributed by atoms with E-state index in [1.54, 1.807) is 12.1 Å². The van der Waals surface area contributed by atoms with Gasteiger partial charge >= 0.3 is 0 Å². The number of nitro benzene ring substituents is 1. The lowest BCUT2D eigenvalue weighted by Gasteiger charge is -2.06. The molecule has 90 valence electrons. The van der Waals surface area contributed by atoms with Crippen LogP contribution in [0.3, 0.4) is 0 Å². The Bertz CT molecular complexity index is 460. The average molecular weight is 301 g/mol. The molecule has 0 saturated carbocycles. The monoisotopic (exact) mass is 300 g/mol. The summed E-state index contributed by atoms with van der Waals surface area (Å²) in [5, 5.41) is 14.0. The smallest absolute Gasteiger partial charge is 0.287 e. The third-order valence-electron chi connectivity index (χ3n) is 1.86. The molecule has 0 bridgehead atoms. The van der Waals surface area contributed by atoms with Gasteiger partial charge in [-0.05, 0) is 33.9 Å². The number of azide groups is 1. The topological polar surface area (TPSA) is 101 Å². The summed E-state index contributed by atoms with van der Waals surface area (Å²) in [7, 11) is 0. The molecule has 0 heterocycles. The lowest BCUT2D eigenvalue weighted by molar-refractivity contribution is -0.385. The van der Waals surface area contributed by atoms with Crippen LogP contribution < -0.4 is 4.74 Å². The van der Waals surface area contributed by atoms with Crippen molar-refractivity contribution in [3.63, 3.8) is 0 Å². The van der Waals surface area contributed by atoms with E-state index in [2.05, 4.69) is 26.0 Å². The second kappa shape index (κ2) is 6.72. The number of hydrogen-bond acceptors (Lipinski definition) is 4. The molecule has 0 N–H and O–H groups in total. The predicted octanol–water partition coefficient (Wildman–Crippen LogP) is 3.44. The molecule has 8 heteroatoms. The Balaban J connectivity index is 2.62. The van der Waals surface area contributed by atoms with Crippen LogP contribution in [-0.4, -0.2) is 18.1 Å². The molecule has 0 spiro atoms. The molecule has 0 atom stereocenters. The van der Waals surface area contributed by atoms with Crippen molar-refractivity contribution in [3.8, 4) is 5.75 Å². The molecule has 0 radical (unpaired) electrons. The van der Waals surface area contributed by atoms with Crippen LogP contribution in [0.1, 0.15) is 6.42 Å². The zero-order valence-electron chi connectivity index (χ0n) is 8.74. The highest BCUT2D eigenvalue weighted by atomic mass is 79.9. The van der Waals surface area contributed by atoms with Gasteiger partial charge in [0, 0.05) is 17.5 Å². The number of halogens is 1. The number of hydrogen-bond donors (Lipinski definition) is 0. The highest BCUT2D eigenvalue weighted by molar-refractivity contribution is 9.10. The molecule has 0 aliphatic heterocycles. The third-order valence-corrected chi connectivity index (χ3v) is 2.66. The number of rotatable bonds is 6. The van der Waals surface area contributed by atoms with E-state index in [0.29, 0.717) is 29.8 Å². The van der Waals surface area contributed by atoms with Crippen molar-refractivity contribution in [2.24, 2.45) is 5.11 Å². The van der Waals surface area contributed by atoms with Gasteiger partial charge in [0.25, 0.3) is 5.69 Å². The van der Waals surface area contributed by atoms with Gasteiger partial charge < -0.3 is 4.74 Å². The van der Waals surface area contributed by atoms with Gasteiger partial charge in [-0.25, -0.2) is 0 Å². The van der Waals surface area contributed by atoms with E-state index < -0.39 is 4.92 Å². The van der Waals surface area contributed by atoms with E-state index in [4.69, 9.17) is 10.3 Å². The quantitative estimate of drug-likeness (QED) is 0.201. The molecule has 0 fully saturated rings.